The van der Waals surface area contributed by atoms with Gasteiger partial charge in [-0.15, -0.1) is 0 Å². The summed E-state index contributed by atoms with van der Waals surface area (Å²) < 4.78 is 12.4. The summed E-state index contributed by atoms with van der Waals surface area (Å²) in [6.07, 6.45) is 0.748. The molecule has 3 amide bonds. The first-order valence-corrected chi connectivity index (χ1v) is 13.2. The molecular formula is C30H41N5O4. The van der Waals surface area contributed by atoms with Gasteiger partial charge in [-0.2, -0.15) is 5.10 Å². The van der Waals surface area contributed by atoms with Crippen LogP contribution in [-0.4, -0.2) is 53.9 Å². The van der Waals surface area contributed by atoms with Gasteiger partial charge >= 0.3 is 6.03 Å². The third-order valence-electron chi connectivity index (χ3n) is 6.19. The molecule has 2 N–H and O–H groups in total. The highest BCUT2D eigenvalue weighted by molar-refractivity contribution is 5.97. The Hall–Kier alpha value is -4.01. The van der Waals surface area contributed by atoms with E-state index in [9.17, 15) is 9.59 Å². The van der Waals surface area contributed by atoms with Crippen molar-refractivity contribution in [3.63, 3.8) is 0 Å². The molecular weight excluding hydrogens is 494 g/mol. The van der Waals surface area contributed by atoms with Crippen LogP contribution in [0.25, 0.3) is 5.69 Å². The third-order valence-corrected chi connectivity index (χ3v) is 6.19. The normalized spacial score (nSPS) is 11.3. The number of amides is 3. The van der Waals surface area contributed by atoms with E-state index in [-0.39, 0.29) is 23.9 Å². The number of urea groups is 1. The van der Waals surface area contributed by atoms with Gasteiger partial charge in [0.15, 0.2) is 0 Å². The van der Waals surface area contributed by atoms with Gasteiger partial charge in [0, 0.05) is 41.9 Å². The summed E-state index contributed by atoms with van der Waals surface area (Å²) in [4.78, 5) is 28.1. The molecule has 0 bridgehead atoms. The van der Waals surface area contributed by atoms with E-state index >= 15 is 0 Å². The third kappa shape index (κ3) is 8.24. The number of nitrogens with one attached hydrogen (secondary N) is 2. The molecule has 0 saturated carbocycles. The van der Waals surface area contributed by atoms with Crippen LogP contribution < -0.4 is 20.1 Å². The number of hydrogen-bond donors (Lipinski definition) is 2. The fraction of sp³-hybridized carbons (Fsp3) is 0.433. The van der Waals surface area contributed by atoms with Crippen molar-refractivity contribution in [3.05, 3.63) is 59.8 Å². The SMILES string of the molecule is COc1cc(NC(=O)N(CCC(C)C)CC(=O)Nc2cc(C(C)(C)C)nn2-c2cccc(C)c2)cc(OC)c1. The zero-order valence-electron chi connectivity index (χ0n) is 24.3. The van der Waals surface area contributed by atoms with Crippen LogP contribution in [0, 0.1) is 12.8 Å². The second-order valence-corrected chi connectivity index (χ2v) is 11.1. The van der Waals surface area contributed by atoms with Crippen molar-refractivity contribution in [1.29, 1.82) is 0 Å². The minimum Gasteiger partial charge on any atom is -0.497 e. The molecule has 0 aliphatic heterocycles. The van der Waals surface area contributed by atoms with Crippen LogP contribution in [-0.2, 0) is 10.2 Å². The summed E-state index contributed by atoms with van der Waals surface area (Å²) in [6.45, 7) is 12.7. The number of ether oxygens (including phenoxy) is 2. The molecule has 9 heteroatoms. The lowest BCUT2D eigenvalue weighted by molar-refractivity contribution is -0.116. The summed E-state index contributed by atoms with van der Waals surface area (Å²) in [7, 11) is 3.10. The second kappa shape index (κ2) is 12.7. The minimum atomic E-state index is -0.385. The number of nitrogens with zero attached hydrogens (tertiary/aromatic N) is 3. The Balaban J connectivity index is 1.84. The van der Waals surface area contributed by atoms with Crippen molar-refractivity contribution in [2.75, 3.05) is 37.9 Å². The van der Waals surface area contributed by atoms with E-state index in [0.29, 0.717) is 35.5 Å². The Morgan fingerprint density at radius 1 is 1.00 bits per heavy atom. The van der Waals surface area contributed by atoms with Crippen LogP contribution in [0.3, 0.4) is 0 Å². The van der Waals surface area contributed by atoms with Gasteiger partial charge in [-0.3, -0.25) is 4.79 Å². The highest BCUT2D eigenvalue weighted by Crippen LogP contribution is 2.28. The summed E-state index contributed by atoms with van der Waals surface area (Å²) in [6, 6.07) is 14.6. The molecule has 9 nitrogen and oxygen atoms in total. The lowest BCUT2D eigenvalue weighted by atomic mass is 9.92. The largest absolute Gasteiger partial charge is 0.497 e. The molecule has 210 valence electrons. The number of aryl methyl sites for hydroxylation is 1. The minimum absolute atomic E-state index is 0.122. The maximum Gasteiger partial charge on any atom is 0.322 e. The Morgan fingerprint density at radius 2 is 1.67 bits per heavy atom. The number of carbonyl (C=O) groups is 2. The average Bonchev–Trinajstić information content (AvgIpc) is 3.30. The second-order valence-electron chi connectivity index (χ2n) is 11.1. The highest BCUT2D eigenvalue weighted by atomic mass is 16.5. The van der Waals surface area contributed by atoms with E-state index in [4.69, 9.17) is 14.6 Å². The predicted octanol–water partition coefficient (Wildman–Crippen LogP) is 6.01. The van der Waals surface area contributed by atoms with Crippen molar-refractivity contribution in [3.8, 4) is 17.2 Å². The number of benzene rings is 2. The fourth-order valence-electron chi connectivity index (χ4n) is 3.90. The van der Waals surface area contributed by atoms with Crippen molar-refractivity contribution in [2.24, 2.45) is 5.92 Å². The number of aromatic nitrogens is 2. The lowest BCUT2D eigenvalue weighted by Gasteiger charge is -2.24. The van der Waals surface area contributed by atoms with Gasteiger partial charge in [0.2, 0.25) is 5.91 Å². The van der Waals surface area contributed by atoms with Crippen molar-refractivity contribution in [1.82, 2.24) is 14.7 Å². The summed E-state index contributed by atoms with van der Waals surface area (Å²) in [5, 5.41) is 10.7. The Kier molecular flexibility index (Phi) is 9.61. The number of methoxy groups -OCH3 is 2. The lowest BCUT2D eigenvalue weighted by Crippen LogP contribution is -2.41. The smallest absolute Gasteiger partial charge is 0.322 e. The van der Waals surface area contributed by atoms with Gasteiger partial charge in [-0.1, -0.05) is 46.8 Å². The molecule has 1 heterocycles. The zero-order chi connectivity index (χ0) is 28.7. The molecule has 0 fully saturated rings. The number of rotatable bonds is 10. The molecule has 0 radical (unpaired) electrons. The van der Waals surface area contributed by atoms with E-state index in [1.54, 1.807) is 37.1 Å². The van der Waals surface area contributed by atoms with Crippen molar-refractivity contribution >= 4 is 23.4 Å². The number of anilines is 2. The van der Waals surface area contributed by atoms with Gasteiger partial charge in [0.1, 0.15) is 23.9 Å². The monoisotopic (exact) mass is 535 g/mol. The van der Waals surface area contributed by atoms with E-state index < -0.39 is 0 Å². The maximum absolute atomic E-state index is 13.3. The number of hydrogen-bond acceptors (Lipinski definition) is 5. The van der Waals surface area contributed by atoms with Crippen molar-refractivity contribution < 1.29 is 19.1 Å². The van der Waals surface area contributed by atoms with Crippen LogP contribution in [0.4, 0.5) is 16.3 Å². The van der Waals surface area contributed by atoms with E-state index in [2.05, 4.69) is 45.3 Å². The molecule has 0 atom stereocenters. The fourth-order valence-corrected chi connectivity index (χ4v) is 3.90. The first kappa shape index (κ1) is 29.5. The van der Waals surface area contributed by atoms with Gasteiger partial charge in [-0.05, 0) is 37.0 Å². The van der Waals surface area contributed by atoms with Crippen LogP contribution in [0.5, 0.6) is 11.5 Å². The Labute approximate surface area is 231 Å². The van der Waals surface area contributed by atoms with Crippen LogP contribution >= 0.6 is 0 Å². The van der Waals surface area contributed by atoms with Crippen LogP contribution in [0.15, 0.2) is 48.5 Å². The standard InChI is InChI=1S/C30H41N5O4/c1-20(2)12-13-34(29(37)31-22-15-24(38-7)17-25(16-22)39-8)19-28(36)32-27-18-26(30(4,5)6)33-35(27)23-11-9-10-21(3)14-23/h9-11,14-18,20H,12-13,19H2,1-8H3,(H,31,37)(H,32,36). The topological polar surface area (TPSA) is 97.7 Å². The molecule has 3 aromatic rings. The molecule has 39 heavy (non-hydrogen) atoms. The van der Waals surface area contributed by atoms with E-state index in [1.807, 2.05) is 37.3 Å². The zero-order valence-corrected chi connectivity index (χ0v) is 24.3. The molecule has 1 aromatic heterocycles. The quantitative estimate of drug-likeness (QED) is 0.331. The van der Waals surface area contributed by atoms with Crippen LogP contribution in [0.2, 0.25) is 0 Å². The Morgan fingerprint density at radius 3 is 2.23 bits per heavy atom. The summed E-state index contributed by atoms with van der Waals surface area (Å²) >= 11 is 0. The molecule has 0 aliphatic carbocycles. The average molecular weight is 536 g/mol. The Bertz CT molecular complexity index is 1270. The van der Waals surface area contributed by atoms with Gasteiger partial charge in [0.25, 0.3) is 0 Å². The molecule has 0 spiro atoms. The van der Waals surface area contributed by atoms with Crippen LogP contribution in [0.1, 0.15) is 52.3 Å². The van der Waals surface area contributed by atoms with Crippen molar-refractivity contribution in [2.45, 2.75) is 53.4 Å². The molecule has 0 unspecified atom stereocenters. The first-order chi connectivity index (χ1) is 18.4. The maximum atomic E-state index is 13.3. The molecule has 3 rings (SSSR count). The first-order valence-electron chi connectivity index (χ1n) is 13.2. The highest BCUT2D eigenvalue weighted by Gasteiger charge is 2.23. The molecule has 2 aromatic carbocycles. The molecule has 0 aliphatic rings. The van der Waals surface area contributed by atoms with E-state index in [0.717, 1.165) is 23.4 Å². The predicted molar refractivity (Wildman–Crippen MR) is 155 cm³/mol. The van der Waals surface area contributed by atoms with Gasteiger partial charge in [0.05, 0.1) is 25.6 Å². The summed E-state index contributed by atoms with van der Waals surface area (Å²) in [5.41, 5.74) is 3.08. The number of carbonyl (C=O) groups excluding carboxylic acids is 2. The van der Waals surface area contributed by atoms with Gasteiger partial charge in [-0.25, -0.2) is 9.48 Å². The van der Waals surface area contributed by atoms with Gasteiger partial charge < -0.3 is 25.0 Å². The summed E-state index contributed by atoms with van der Waals surface area (Å²) in [5.74, 6) is 1.70. The molecule has 0 saturated heterocycles. The van der Waals surface area contributed by atoms with E-state index in [1.165, 1.54) is 4.90 Å².